The quantitative estimate of drug-likeness (QED) is 0.272. The summed E-state index contributed by atoms with van der Waals surface area (Å²) in [6.45, 7) is 5.90. The number of benzene rings is 2. The second-order valence-corrected chi connectivity index (χ2v) is 11.5. The molecule has 8 nitrogen and oxygen atoms in total. The molecule has 222 valence electrons. The van der Waals surface area contributed by atoms with Crippen LogP contribution in [0.2, 0.25) is 0 Å². The fourth-order valence-corrected chi connectivity index (χ4v) is 6.26. The standard InChI is InChI=1S/C33H42O8/c1-4-28(40-32-20(3)10-11-21-7-5-6-8-27(21)32)33(39)41-29-17-24(35)15-22-12-9-19(2)26(31(22)29)14-13-23(34)16-25(36)18-30(37)38/h5-12,15,19,23-26,28-29,31,34-36H,4,13-14,16-18H2,1-3H3,(H,37,38)/t19-,23+,24+,25+,26-,28?,29-,31-/m0/s1. The van der Waals surface area contributed by atoms with Gasteiger partial charge in [0, 0.05) is 17.7 Å². The second kappa shape index (κ2) is 13.6. The normalized spacial score (nSPS) is 26.0. The maximum Gasteiger partial charge on any atom is 0.347 e. The van der Waals surface area contributed by atoms with Gasteiger partial charge in [-0.15, -0.1) is 0 Å². The smallest absolute Gasteiger partial charge is 0.347 e. The van der Waals surface area contributed by atoms with Gasteiger partial charge in [-0.3, -0.25) is 4.79 Å². The molecule has 41 heavy (non-hydrogen) atoms. The second-order valence-electron chi connectivity index (χ2n) is 11.5. The Kier molecular flexibility index (Phi) is 10.2. The van der Waals surface area contributed by atoms with Crippen LogP contribution in [0.15, 0.2) is 60.2 Å². The maximum absolute atomic E-state index is 13.6. The lowest BCUT2D eigenvalue weighted by molar-refractivity contribution is -0.163. The highest BCUT2D eigenvalue weighted by Gasteiger charge is 2.42. The predicted molar refractivity (Wildman–Crippen MR) is 155 cm³/mol. The van der Waals surface area contributed by atoms with Gasteiger partial charge in [-0.25, -0.2) is 4.79 Å². The van der Waals surface area contributed by atoms with E-state index in [4.69, 9.17) is 14.6 Å². The molecule has 2 aromatic rings. The average molecular weight is 567 g/mol. The van der Waals surface area contributed by atoms with Gasteiger partial charge in [0.25, 0.3) is 0 Å². The van der Waals surface area contributed by atoms with Crippen molar-refractivity contribution in [1.29, 1.82) is 0 Å². The van der Waals surface area contributed by atoms with Crippen molar-refractivity contribution in [2.75, 3.05) is 0 Å². The first-order valence-electron chi connectivity index (χ1n) is 14.6. The van der Waals surface area contributed by atoms with Crippen molar-refractivity contribution in [3.8, 4) is 5.75 Å². The number of esters is 1. The number of fused-ring (bicyclic) bond motifs is 2. The third kappa shape index (κ3) is 7.56. The summed E-state index contributed by atoms with van der Waals surface area (Å²) in [5.74, 6) is -0.958. The molecule has 0 heterocycles. The largest absolute Gasteiger partial charge is 0.481 e. The molecule has 0 radical (unpaired) electrons. The van der Waals surface area contributed by atoms with Crippen LogP contribution in [-0.2, 0) is 14.3 Å². The van der Waals surface area contributed by atoms with Crippen LogP contribution in [0.25, 0.3) is 10.8 Å². The van der Waals surface area contributed by atoms with E-state index in [1.807, 2.05) is 62.4 Å². The van der Waals surface area contributed by atoms with Crippen molar-refractivity contribution < 1.29 is 39.5 Å². The number of ether oxygens (including phenoxy) is 2. The van der Waals surface area contributed by atoms with Gasteiger partial charge in [0.1, 0.15) is 11.9 Å². The van der Waals surface area contributed by atoms with Crippen LogP contribution >= 0.6 is 0 Å². The van der Waals surface area contributed by atoms with Crippen LogP contribution < -0.4 is 4.74 Å². The molecule has 2 aliphatic rings. The summed E-state index contributed by atoms with van der Waals surface area (Å²) in [7, 11) is 0. The zero-order valence-corrected chi connectivity index (χ0v) is 24.0. The molecule has 4 rings (SSSR count). The number of aliphatic hydroxyl groups excluding tert-OH is 3. The molecule has 8 heteroatoms. The number of aryl methyl sites for hydroxylation is 1. The highest BCUT2D eigenvalue weighted by molar-refractivity contribution is 5.90. The molecule has 4 N–H and O–H groups in total. The SMILES string of the molecule is CCC(Oc1c(C)ccc2ccccc12)C(=O)O[C@H]1C[C@H](O)C=C2C=C[C@H](C)[C@H](CC[C@@H](O)C[C@@H](O)CC(=O)O)[C@H]21. The van der Waals surface area contributed by atoms with Crippen LogP contribution in [-0.4, -0.2) is 62.9 Å². The fourth-order valence-electron chi connectivity index (χ4n) is 6.26. The Morgan fingerprint density at radius 3 is 2.59 bits per heavy atom. The Morgan fingerprint density at radius 1 is 1.10 bits per heavy atom. The number of hydrogen-bond acceptors (Lipinski definition) is 7. The molecule has 0 aliphatic heterocycles. The Labute approximate surface area is 241 Å². The summed E-state index contributed by atoms with van der Waals surface area (Å²) in [4.78, 5) is 24.4. The van der Waals surface area contributed by atoms with Gasteiger partial charge in [0.05, 0.1) is 24.7 Å². The van der Waals surface area contributed by atoms with E-state index < -0.39 is 48.9 Å². The van der Waals surface area contributed by atoms with Gasteiger partial charge in [0.15, 0.2) is 6.10 Å². The minimum absolute atomic E-state index is 0.0170. The molecule has 2 aliphatic carbocycles. The van der Waals surface area contributed by atoms with Crippen LogP contribution in [0.5, 0.6) is 5.75 Å². The molecule has 0 saturated heterocycles. The fraction of sp³-hybridized carbons (Fsp3) is 0.515. The molecule has 0 aromatic heterocycles. The zero-order valence-electron chi connectivity index (χ0n) is 24.0. The number of carboxylic acid groups (broad SMARTS) is 1. The summed E-state index contributed by atoms with van der Waals surface area (Å²) in [6, 6.07) is 11.9. The summed E-state index contributed by atoms with van der Waals surface area (Å²) in [5, 5.41) is 41.9. The molecule has 2 aromatic carbocycles. The lowest BCUT2D eigenvalue weighted by atomic mass is 9.66. The zero-order chi connectivity index (χ0) is 29.7. The monoisotopic (exact) mass is 566 g/mol. The predicted octanol–water partition coefficient (Wildman–Crippen LogP) is 4.71. The van der Waals surface area contributed by atoms with E-state index in [0.29, 0.717) is 25.0 Å². The van der Waals surface area contributed by atoms with Gasteiger partial charge in [-0.1, -0.05) is 68.5 Å². The summed E-state index contributed by atoms with van der Waals surface area (Å²) in [6.07, 6.45) is 2.94. The molecule has 0 saturated carbocycles. The number of carbonyl (C=O) groups excluding carboxylic acids is 1. The van der Waals surface area contributed by atoms with E-state index in [2.05, 4.69) is 13.0 Å². The van der Waals surface area contributed by atoms with Crippen molar-refractivity contribution in [3.63, 3.8) is 0 Å². The molecule has 0 spiro atoms. The highest BCUT2D eigenvalue weighted by Crippen LogP contribution is 2.44. The summed E-state index contributed by atoms with van der Waals surface area (Å²) < 4.78 is 12.4. The lowest BCUT2D eigenvalue weighted by Gasteiger charge is -2.43. The molecule has 8 atom stereocenters. The van der Waals surface area contributed by atoms with E-state index in [1.54, 1.807) is 0 Å². The Morgan fingerprint density at radius 2 is 1.85 bits per heavy atom. The molecule has 0 bridgehead atoms. The van der Waals surface area contributed by atoms with E-state index in [9.17, 15) is 24.9 Å². The van der Waals surface area contributed by atoms with Crippen molar-refractivity contribution >= 4 is 22.7 Å². The topological polar surface area (TPSA) is 134 Å². The lowest BCUT2D eigenvalue weighted by Crippen LogP contribution is -2.44. The van der Waals surface area contributed by atoms with Crippen LogP contribution in [0.3, 0.4) is 0 Å². The minimum Gasteiger partial charge on any atom is -0.481 e. The third-order valence-corrected chi connectivity index (χ3v) is 8.40. The minimum atomic E-state index is -1.11. The maximum atomic E-state index is 13.6. The van der Waals surface area contributed by atoms with Gasteiger partial charge in [-0.2, -0.15) is 0 Å². The highest BCUT2D eigenvalue weighted by atomic mass is 16.6. The van der Waals surface area contributed by atoms with Gasteiger partial charge in [0.2, 0.25) is 0 Å². The molecular weight excluding hydrogens is 524 g/mol. The third-order valence-electron chi connectivity index (χ3n) is 8.40. The van der Waals surface area contributed by atoms with Crippen LogP contribution in [0.4, 0.5) is 0 Å². The van der Waals surface area contributed by atoms with E-state index >= 15 is 0 Å². The Hall–Kier alpha value is -3.20. The van der Waals surface area contributed by atoms with E-state index in [0.717, 1.165) is 21.9 Å². The van der Waals surface area contributed by atoms with Crippen molar-refractivity contribution in [2.45, 2.75) is 89.8 Å². The number of rotatable bonds is 12. The number of carboxylic acids is 1. The number of allylic oxidation sites excluding steroid dienone is 2. The number of carbonyl (C=O) groups is 2. The summed E-state index contributed by atoms with van der Waals surface area (Å²) >= 11 is 0. The number of hydrogen-bond donors (Lipinski definition) is 4. The first kappa shape index (κ1) is 30.8. The van der Waals surface area contributed by atoms with Gasteiger partial charge < -0.3 is 29.9 Å². The molecular formula is C33H42O8. The van der Waals surface area contributed by atoms with Crippen molar-refractivity contribution in [1.82, 2.24) is 0 Å². The molecule has 0 fully saturated rings. The van der Waals surface area contributed by atoms with Gasteiger partial charge >= 0.3 is 11.9 Å². The van der Waals surface area contributed by atoms with Gasteiger partial charge in [-0.05, 0) is 61.0 Å². The van der Waals surface area contributed by atoms with E-state index in [1.165, 1.54) is 0 Å². The Bertz CT molecular complexity index is 1280. The first-order chi connectivity index (χ1) is 19.6. The van der Waals surface area contributed by atoms with Crippen molar-refractivity contribution in [3.05, 3.63) is 65.8 Å². The Balaban J connectivity index is 1.49. The van der Waals surface area contributed by atoms with Crippen LogP contribution in [0, 0.1) is 24.7 Å². The number of aliphatic hydroxyl groups is 3. The molecule has 0 amide bonds. The van der Waals surface area contributed by atoms with E-state index in [-0.39, 0.29) is 30.6 Å². The first-order valence-corrected chi connectivity index (χ1v) is 14.6. The summed E-state index contributed by atoms with van der Waals surface area (Å²) in [5.41, 5.74) is 1.83. The van der Waals surface area contributed by atoms with Crippen LogP contribution in [0.1, 0.15) is 57.9 Å². The van der Waals surface area contributed by atoms with Crippen molar-refractivity contribution in [2.24, 2.45) is 17.8 Å². The number of aliphatic carboxylic acids is 1. The molecule has 1 unspecified atom stereocenters. The average Bonchev–Trinajstić information content (AvgIpc) is 2.91.